The second kappa shape index (κ2) is 13.8. The van der Waals surface area contributed by atoms with Crippen LogP contribution in [0.2, 0.25) is 5.02 Å². The number of anilines is 1. The summed E-state index contributed by atoms with van der Waals surface area (Å²) in [5.74, 6) is 2.03. The molecular weight excluding hydrogens is 510 g/mol. The van der Waals surface area contributed by atoms with Crippen LogP contribution in [0.5, 0.6) is 0 Å². The van der Waals surface area contributed by atoms with Crippen molar-refractivity contribution in [2.24, 2.45) is 11.8 Å². The normalized spacial score (nSPS) is 21.2. The Labute approximate surface area is 236 Å². The average Bonchev–Trinajstić information content (AvgIpc) is 2.98. The van der Waals surface area contributed by atoms with Crippen molar-refractivity contribution in [3.63, 3.8) is 0 Å². The van der Waals surface area contributed by atoms with Crippen LogP contribution in [-0.4, -0.2) is 41.7 Å². The molecule has 1 amide bonds. The van der Waals surface area contributed by atoms with Crippen molar-refractivity contribution in [3.8, 4) is 11.3 Å². The minimum atomic E-state index is -0.342. The molecule has 2 aromatic heterocycles. The summed E-state index contributed by atoms with van der Waals surface area (Å²) in [5, 5.41) is 10.6. The van der Waals surface area contributed by atoms with Gasteiger partial charge in [0.2, 0.25) is 0 Å². The van der Waals surface area contributed by atoms with Crippen LogP contribution >= 0.6 is 11.6 Å². The van der Waals surface area contributed by atoms with Crippen LogP contribution in [-0.2, 0) is 17.8 Å². The van der Waals surface area contributed by atoms with E-state index in [2.05, 4.69) is 27.0 Å². The molecule has 1 aromatic carbocycles. The smallest absolute Gasteiger partial charge is 0.407 e. The molecule has 0 bridgehead atoms. The van der Waals surface area contributed by atoms with Crippen LogP contribution in [0.4, 0.5) is 10.6 Å². The van der Waals surface area contributed by atoms with Gasteiger partial charge in [-0.25, -0.2) is 9.78 Å². The zero-order valence-corrected chi connectivity index (χ0v) is 23.1. The highest BCUT2D eigenvalue weighted by molar-refractivity contribution is 6.33. The lowest BCUT2D eigenvalue weighted by atomic mass is 9.83. The Morgan fingerprint density at radius 1 is 1.03 bits per heavy atom. The zero-order valence-electron chi connectivity index (χ0n) is 22.4. The number of hydrogen-bond acceptors (Lipinski definition) is 6. The highest BCUT2D eigenvalue weighted by atomic mass is 35.5. The first-order valence-electron chi connectivity index (χ1n) is 14.2. The van der Waals surface area contributed by atoms with E-state index in [1.807, 2.05) is 48.5 Å². The van der Waals surface area contributed by atoms with E-state index in [-0.39, 0.29) is 12.1 Å². The number of carbonyl (C=O) groups is 1. The van der Waals surface area contributed by atoms with Crippen molar-refractivity contribution < 1.29 is 9.53 Å². The Hall–Kier alpha value is -3.16. The van der Waals surface area contributed by atoms with Gasteiger partial charge in [-0.1, -0.05) is 48.0 Å². The number of nitrogens with zero attached hydrogens (tertiary/aromatic N) is 2. The molecule has 206 valence electrons. The molecule has 3 N–H and O–H groups in total. The first-order valence-corrected chi connectivity index (χ1v) is 14.5. The summed E-state index contributed by atoms with van der Waals surface area (Å²) >= 11 is 6.57. The van der Waals surface area contributed by atoms with Crippen LogP contribution in [0.15, 0.2) is 60.8 Å². The molecule has 1 atom stereocenters. The molecule has 5 rings (SSSR count). The maximum Gasteiger partial charge on any atom is 0.407 e. The Morgan fingerprint density at radius 3 is 2.67 bits per heavy atom. The number of alkyl carbamates (subject to hydrolysis) is 1. The molecule has 1 aliphatic carbocycles. The number of amides is 1. The quantitative estimate of drug-likeness (QED) is 0.294. The lowest BCUT2D eigenvalue weighted by molar-refractivity contribution is 0.131. The number of benzene rings is 1. The van der Waals surface area contributed by atoms with E-state index < -0.39 is 0 Å². The van der Waals surface area contributed by atoms with Gasteiger partial charge < -0.3 is 20.7 Å². The fourth-order valence-electron chi connectivity index (χ4n) is 5.56. The molecule has 2 fully saturated rings. The standard InChI is InChI=1S/C31H38ClN5O2/c32-28-20-34-26(17-27(28)29-9-4-10-30(37-29)35-19-24-8-5-15-33-18-24)16-22-11-13-25(14-12-22)36-31(38)39-21-23-6-2-1-3-7-23/h1-4,6-7,9-10,17,20,22,24-25,33H,5,8,11-16,18-19,21H2,(H,35,37)(H,36,38)/t22?,24-,25?/m0/s1. The monoisotopic (exact) mass is 547 g/mol. The molecule has 1 aliphatic heterocycles. The molecule has 3 aromatic rings. The van der Waals surface area contributed by atoms with Crippen LogP contribution < -0.4 is 16.0 Å². The summed E-state index contributed by atoms with van der Waals surface area (Å²) in [7, 11) is 0. The van der Waals surface area contributed by atoms with E-state index in [0.29, 0.717) is 23.5 Å². The third kappa shape index (κ3) is 8.16. The third-order valence-electron chi connectivity index (χ3n) is 7.79. The van der Waals surface area contributed by atoms with Gasteiger partial charge in [-0.2, -0.15) is 0 Å². The first-order chi connectivity index (χ1) is 19.1. The fourth-order valence-corrected chi connectivity index (χ4v) is 5.76. The molecular formula is C31H38ClN5O2. The Morgan fingerprint density at radius 2 is 1.87 bits per heavy atom. The fraction of sp³-hybridized carbons (Fsp3) is 0.452. The minimum absolute atomic E-state index is 0.155. The molecule has 0 spiro atoms. The van der Waals surface area contributed by atoms with Crippen molar-refractivity contribution in [1.29, 1.82) is 0 Å². The van der Waals surface area contributed by atoms with Crippen LogP contribution in [0, 0.1) is 11.8 Å². The maximum absolute atomic E-state index is 12.2. The number of nitrogens with one attached hydrogen (secondary N) is 3. The number of piperidine rings is 1. The van der Waals surface area contributed by atoms with Crippen molar-refractivity contribution in [3.05, 3.63) is 77.1 Å². The highest BCUT2D eigenvalue weighted by Gasteiger charge is 2.24. The molecule has 1 saturated carbocycles. The van der Waals surface area contributed by atoms with Crippen LogP contribution in [0.3, 0.4) is 0 Å². The molecule has 3 heterocycles. The molecule has 0 radical (unpaired) electrons. The molecule has 2 aliphatic rings. The van der Waals surface area contributed by atoms with Crippen molar-refractivity contribution >= 4 is 23.5 Å². The van der Waals surface area contributed by atoms with Gasteiger partial charge in [0.05, 0.1) is 10.7 Å². The van der Waals surface area contributed by atoms with Crippen molar-refractivity contribution in [2.45, 2.75) is 57.6 Å². The summed E-state index contributed by atoms with van der Waals surface area (Å²) in [6.07, 6.45) is 8.73. The molecule has 8 heteroatoms. The Bertz CT molecular complexity index is 1210. The zero-order chi connectivity index (χ0) is 26.9. The van der Waals surface area contributed by atoms with Gasteiger partial charge in [0, 0.05) is 30.0 Å². The number of ether oxygens (including phenoxy) is 1. The lowest BCUT2D eigenvalue weighted by Crippen LogP contribution is -2.38. The average molecular weight is 548 g/mol. The second-order valence-electron chi connectivity index (χ2n) is 10.8. The predicted molar refractivity (Wildman–Crippen MR) is 156 cm³/mol. The van der Waals surface area contributed by atoms with E-state index in [1.165, 1.54) is 12.8 Å². The summed E-state index contributed by atoms with van der Waals surface area (Å²) in [6, 6.07) is 18.0. The summed E-state index contributed by atoms with van der Waals surface area (Å²) in [6.45, 7) is 3.39. The lowest BCUT2D eigenvalue weighted by Gasteiger charge is -2.28. The van der Waals surface area contributed by atoms with Gasteiger partial charge in [-0.15, -0.1) is 0 Å². The molecule has 7 nitrogen and oxygen atoms in total. The highest BCUT2D eigenvalue weighted by Crippen LogP contribution is 2.31. The third-order valence-corrected chi connectivity index (χ3v) is 8.09. The van der Waals surface area contributed by atoms with Crippen molar-refractivity contribution in [2.75, 3.05) is 25.0 Å². The number of aromatic nitrogens is 2. The van der Waals surface area contributed by atoms with E-state index in [1.54, 1.807) is 6.20 Å². The van der Waals surface area contributed by atoms with Gasteiger partial charge in [-0.05, 0) is 93.6 Å². The van der Waals surface area contributed by atoms with Gasteiger partial charge >= 0.3 is 6.09 Å². The van der Waals surface area contributed by atoms with Crippen LogP contribution in [0.25, 0.3) is 11.3 Å². The van der Waals surface area contributed by atoms with Gasteiger partial charge in [0.1, 0.15) is 12.4 Å². The summed E-state index contributed by atoms with van der Waals surface area (Å²) in [5.41, 5.74) is 3.79. The largest absolute Gasteiger partial charge is 0.445 e. The predicted octanol–water partition coefficient (Wildman–Crippen LogP) is 6.24. The second-order valence-corrected chi connectivity index (χ2v) is 11.2. The van der Waals surface area contributed by atoms with Gasteiger partial charge in [0.25, 0.3) is 0 Å². The molecule has 39 heavy (non-hydrogen) atoms. The number of carbonyl (C=O) groups excluding carboxylic acids is 1. The summed E-state index contributed by atoms with van der Waals surface area (Å²) < 4.78 is 5.39. The SMILES string of the molecule is O=C(NC1CCC(Cc2cc(-c3cccc(NC[C@H]4CCCNC4)n3)c(Cl)cn2)CC1)OCc1ccccc1. The Balaban J connectivity index is 1.11. The first kappa shape index (κ1) is 27.4. The van der Waals surface area contributed by atoms with Gasteiger partial charge in [0.15, 0.2) is 0 Å². The number of hydrogen-bond donors (Lipinski definition) is 3. The number of rotatable bonds is 9. The van der Waals surface area contributed by atoms with E-state index in [4.69, 9.17) is 21.3 Å². The van der Waals surface area contributed by atoms with E-state index in [0.717, 1.165) is 80.1 Å². The summed E-state index contributed by atoms with van der Waals surface area (Å²) in [4.78, 5) is 21.7. The number of halogens is 1. The van der Waals surface area contributed by atoms with E-state index >= 15 is 0 Å². The maximum atomic E-state index is 12.2. The Kier molecular flexibility index (Phi) is 9.67. The van der Waals surface area contributed by atoms with Crippen molar-refractivity contribution in [1.82, 2.24) is 20.6 Å². The molecule has 0 unspecified atom stereocenters. The van der Waals surface area contributed by atoms with E-state index in [9.17, 15) is 4.79 Å². The topological polar surface area (TPSA) is 88.2 Å². The number of pyridine rings is 2. The van der Waals surface area contributed by atoms with Gasteiger partial charge in [-0.3, -0.25) is 4.98 Å². The van der Waals surface area contributed by atoms with Crippen LogP contribution in [0.1, 0.15) is 49.8 Å². The minimum Gasteiger partial charge on any atom is -0.445 e. The molecule has 1 saturated heterocycles.